The molecule has 1 amide bonds. The lowest BCUT2D eigenvalue weighted by molar-refractivity contribution is -0.113. The molecule has 0 spiro atoms. The Morgan fingerprint density at radius 2 is 2.04 bits per heavy atom. The lowest BCUT2D eigenvalue weighted by Gasteiger charge is -2.14. The Hall–Kier alpha value is -2.38. The van der Waals surface area contributed by atoms with Gasteiger partial charge in [-0.05, 0) is 48.4 Å². The molecule has 0 atom stereocenters. The predicted molar refractivity (Wildman–Crippen MR) is 115 cm³/mol. The molecular formula is C21H20FNO3S2. The molecule has 7 heteroatoms. The summed E-state index contributed by atoms with van der Waals surface area (Å²) in [6.07, 6.45) is 3.76. The molecule has 2 aromatic rings. The SMILES string of the molecule is CCCCOc1ccc(/C=C2/SC(=S)N(c3cccc(F)c3)C2=O)cc1OC. The van der Waals surface area contributed by atoms with E-state index < -0.39 is 5.82 Å². The fourth-order valence-electron chi connectivity index (χ4n) is 2.68. The summed E-state index contributed by atoms with van der Waals surface area (Å²) in [6, 6.07) is 11.3. The number of ether oxygens (including phenoxy) is 2. The molecule has 0 N–H and O–H groups in total. The van der Waals surface area contributed by atoms with Crippen molar-refractivity contribution in [1.29, 1.82) is 0 Å². The van der Waals surface area contributed by atoms with E-state index in [-0.39, 0.29) is 5.91 Å². The number of methoxy groups -OCH3 is 1. The number of amides is 1. The van der Waals surface area contributed by atoms with Crippen LogP contribution in [0.5, 0.6) is 11.5 Å². The molecule has 0 aliphatic carbocycles. The third-order valence-electron chi connectivity index (χ3n) is 4.10. The number of thioether (sulfide) groups is 1. The highest BCUT2D eigenvalue weighted by atomic mass is 32.2. The highest BCUT2D eigenvalue weighted by Gasteiger charge is 2.33. The average Bonchev–Trinajstić information content (AvgIpc) is 2.96. The second-order valence-electron chi connectivity index (χ2n) is 6.11. The number of nitrogens with zero attached hydrogens (tertiary/aromatic N) is 1. The molecule has 28 heavy (non-hydrogen) atoms. The zero-order valence-corrected chi connectivity index (χ0v) is 17.2. The Kier molecular flexibility index (Phi) is 6.70. The van der Waals surface area contributed by atoms with Crippen LogP contribution < -0.4 is 14.4 Å². The number of benzene rings is 2. The van der Waals surface area contributed by atoms with Gasteiger partial charge in [-0.25, -0.2) is 4.39 Å². The van der Waals surface area contributed by atoms with Crippen molar-refractivity contribution >= 4 is 46.0 Å². The third-order valence-corrected chi connectivity index (χ3v) is 5.40. The summed E-state index contributed by atoms with van der Waals surface area (Å²) in [7, 11) is 1.58. The van der Waals surface area contributed by atoms with Gasteiger partial charge in [0.1, 0.15) is 5.82 Å². The van der Waals surface area contributed by atoms with Crippen LogP contribution in [0, 0.1) is 5.82 Å². The summed E-state index contributed by atoms with van der Waals surface area (Å²) in [5.41, 5.74) is 1.21. The van der Waals surface area contributed by atoms with Crippen LogP contribution in [0.25, 0.3) is 6.08 Å². The van der Waals surface area contributed by atoms with Crippen molar-refractivity contribution in [1.82, 2.24) is 0 Å². The van der Waals surface area contributed by atoms with E-state index in [1.54, 1.807) is 25.3 Å². The standard InChI is InChI=1S/C21H20FNO3S2/c1-3-4-10-26-17-9-8-14(11-18(17)25-2)12-19-20(24)23(21(27)28-19)16-7-5-6-15(22)13-16/h5-9,11-13H,3-4,10H2,1-2H3/b19-12+. The van der Waals surface area contributed by atoms with Gasteiger partial charge < -0.3 is 9.47 Å². The van der Waals surface area contributed by atoms with E-state index in [0.29, 0.717) is 33.0 Å². The molecule has 0 bridgehead atoms. The van der Waals surface area contributed by atoms with E-state index >= 15 is 0 Å². The topological polar surface area (TPSA) is 38.8 Å². The molecule has 0 unspecified atom stereocenters. The first-order valence-corrected chi connectivity index (χ1v) is 10.1. The van der Waals surface area contributed by atoms with Gasteiger partial charge in [-0.2, -0.15) is 0 Å². The lowest BCUT2D eigenvalue weighted by Crippen LogP contribution is -2.27. The van der Waals surface area contributed by atoms with Crippen molar-refractivity contribution in [3.8, 4) is 11.5 Å². The van der Waals surface area contributed by atoms with Crippen LogP contribution in [0.1, 0.15) is 25.3 Å². The maximum Gasteiger partial charge on any atom is 0.270 e. The van der Waals surface area contributed by atoms with Crippen molar-refractivity contribution in [2.75, 3.05) is 18.6 Å². The highest BCUT2D eigenvalue weighted by Crippen LogP contribution is 2.37. The molecule has 2 aromatic carbocycles. The number of halogens is 1. The van der Waals surface area contributed by atoms with Crippen molar-refractivity contribution in [3.05, 3.63) is 58.8 Å². The Morgan fingerprint density at radius 1 is 1.21 bits per heavy atom. The summed E-state index contributed by atoms with van der Waals surface area (Å²) in [4.78, 5) is 14.6. The Labute approximate surface area is 173 Å². The van der Waals surface area contributed by atoms with Crippen molar-refractivity contribution in [2.24, 2.45) is 0 Å². The number of rotatable bonds is 7. The summed E-state index contributed by atoms with van der Waals surface area (Å²) in [5.74, 6) is 0.577. The monoisotopic (exact) mass is 417 g/mol. The van der Waals surface area contributed by atoms with Gasteiger partial charge in [0.25, 0.3) is 5.91 Å². The quantitative estimate of drug-likeness (QED) is 0.342. The first-order chi connectivity index (χ1) is 13.5. The summed E-state index contributed by atoms with van der Waals surface area (Å²) in [6.45, 7) is 2.72. The van der Waals surface area contributed by atoms with Crippen LogP contribution in [0.15, 0.2) is 47.4 Å². The predicted octanol–water partition coefficient (Wildman–Crippen LogP) is 5.42. The fourth-order valence-corrected chi connectivity index (χ4v) is 3.98. The molecule has 1 heterocycles. The van der Waals surface area contributed by atoms with Gasteiger partial charge in [0.15, 0.2) is 15.8 Å². The van der Waals surface area contributed by atoms with Gasteiger partial charge in [-0.3, -0.25) is 9.69 Å². The van der Waals surface area contributed by atoms with E-state index in [2.05, 4.69) is 6.92 Å². The number of unbranched alkanes of at least 4 members (excludes halogenated alkanes) is 1. The summed E-state index contributed by atoms with van der Waals surface area (Å²) in [5, 5.41) is 0. The first kappa shape index (κ1) is 20.4. The minimum atomic E-state index is -0.418. The van der Waals surface area contributed by atoms with Crippen molar-refractivity contribution in [2.45, 2.75) is 19.8 Å². The summed E-state index contributed by atoms with van der Waals surface area (Å²) >= 11 is 6.51. The number of hydrogen-bond donors (Lipinski definition) is 0. The lowest BCUT2D eigenvalue weighted by atomic mass is 10.1. The molecule has 3 rings (SSSR count). The molecule has 1 saturated heterocycles. The van der Waals surface area contributed by atoms with Gasteiger partial charge in [0.2, 0.25) is 0 Å². The zero-order valence-electron chi connectivity index (χ0n) is 15.6. The molecule has 146 valence electrons. The van der Waals surface area contributed by atoms with Gasteiger partial charge in [0.05, 0.1) is 24.3 Å². The smallest absolute Gasteiger partial charge is 0.270 e. The molecule has 1 aliphatic heterocycles. The van der Waals surface area contributed by atoms with E-state index in [1.807, 2.05) is 18.2 Å². The number of carbonyl (C=O) groups is 1. The number of carbonyl (C=O) groups excluding carboxylic acids is 1. The van der Waals surface area contributed by atoms with Crippen LogP contribution >= 0.6 is 24.0 Å². The van der Waals surface area contributed by atoms with Crippen LogP contribution in [0.4, 0.5) is 10.1 Å². The van der Waals surface area contributed by atoms with Gasteiger partial charge in [-0.1, -0.05) is 49.5 Å². The number of anilines is 1. The molecule has 0 aromatic heterocycles. The maximum absolute atomic E-state index is 13.5. The Morgan fingerprint density at radius 3 is 2.75 bits per heavy atom. The molecule has 0 radical (unpaired) electrons. The van der Waals surface area contributed by atoms with E-state index in [0.717, 1.165) is 18.4 Å². The van der Waals surface area contributed by atoms with Crippen molar-refractivity contribution < 1.29 is 18.7 Å². The number of hydrogen-bond acceptors (Lipinski definition) is 5. The third kappa shape index (κ3) is 4.54. The second-order valence-corrected chi connectivity index (χ2v) is 7.79. The zero-order chi connectivity index (χ0) is 20.1. The fraction of sp³-hybridized carbons (Fsp3) is 0.238. The second kappa shape index (κ2) is 9.21. The van der Waals surface area contributed by atoms with Gasteiger partial charge >= 0.3 is 0 Å². The Balaban J connectivity index is 1.83. The normalized spacial score (nSPS) is 15.4. The molecule has 4 nitrogen and oxygen atoms in total. The Bertz CT molecular complexity index is 930. The van der Waals surface area contributed by atoms with Gasteiger partial charge in [0, 0.05) is 0 Å². The van der Waals surface area contributed by atoms with Crippen LogP contribution in [-0.2, 0) is 4.79 Å². The van der Waals surface area contributed by atoms with Crippen LogP contribution in [0.2, 0.25) is 0 Å². The molecular weight excluding hydrogens is 397 g/mol. The minimum absolute atomic E-state index is 0.275. The largest absolute Gasteiger partial charge is 0.493 e. The number of thiocarbonyl (C=S) groups is 1. The molecule has 1 fully saturated rings. The van der Waals surface area contributed by atoms with Crippen LogP contribution in [0.3, 0.4) is 0 Å². The van der Waals surface area contributed by atoms with Gasteiger partial charge in [-0.15, -0.1) is 0 Å². The van der Waals surface area contributed by atoms with E-state index in [4.69, 9.17) is 21.7 Å². The maximum atomic E-state index is 13.5. The van der Waals surface area contributed by atoms with Crippen molar-refractivity contribution in [3.63, 3.8) is 0 Å². The first-order valence-electron chi connectivity index (χ1n) is 8.88. The molecule has 0 saturated carbocycles. The minimum Gasteiger partial charge on any atom is -0.493 e. The molecule has 1 aliphatic rings. The van der Waals surface area contributed by atoms with Crippen LogP contribution in [-0.4, -0.2) is 23.9 Å². The average molecular weight is 418 g/mol. The van der Waals surface area contributed by atoms with E-state index in [1.165, 1.54) is 28.8 Å². The summed E-state index contributed by atoms with van der Waals surface area (Å²) < 4.78 is 25.0. The highest BCUT2D eigenvalue weighted by molar-refractivity contribution is 8.27. The van der Waals surface area contributed by atoms with E-state index in [9.17, 15) is 9.18 Å².